The van der Waals surface area contributed by atoms with Gasteiger partial charge in [0.25, 0.3) is 11.8 Å². The van der Waals surface area contributed by atoms with Gasteiger partial charge < -0.3 is 21.5 Å². The lowest BCUT2D eigenvalue weighted by molar-refractivity contribution is -0.122. The zero-order valence-corrected chi connectivity index (χ0v) is 20.9. The molecule has 3 amide bonds. The summed E-state index contributed by atoms with van der Waals surface area (Å²) in [6.07, 6.45) is 2.61. The van der Waals surface area contributed by atoms with E-state index in [1.807, 2.05) is 36.6 Å². The van der Waals surface area contributed by atoms with Crippen LogP contribution in [0.5, 0.6) is 0 Å². The number of hydrogen-bond donors (Lipinski definition) is 3. The molecular weight excluding hydrogens is 486 g/mol. The number of rotatable bonds is 9. The van der Waals surface area contributed by atoms with Crippen LogP contribution in [0.15, 0.2) is 41.8 Å². The maximum absolute atomic E-state index is 13.9. The van der Waals surface area contributed by atoms with E-state index < -0.39 is 17.9 Å². The zero-order valence-electron chi connectivity index (χ0n) is 19.2. The molecule has 0 unspecified atom stereocenters. The number of anilines is 2. The first kappa shape index (κ1) is 24.8. The molecule has 1 aliphatic rings. The second kappa shape index (κ2) is 11.0. The molecule has 3 heterocycles. The smallest absolute Gasteiger partial charge is 0.273 e. The molecule has 35 heavy (non-hydrogen) atoms. The molecule has 1 aliphatic heterocycles. The standard InChI is InChI=1S/C24H27N5O4S2/c1-2-14-7-9-15(10-8-14)29(24(32)21-18(25)19(22(26)30)28-35-21)20(17-6-4-12-34-17)23(31)27-13-16-5-3-11-33-16/h4,6-10,12,16,20H,2-3,5,11,13,25H2,1H3,(H2,26,30)(H,27,31)/t16-,20-/m0/s1. The van der Waals surface area contributed by atoms with Crippen molar-refractivity contribution in [1.82, 2.24) is 9.69 Å². The van der Waals surface area contributed by atoms with Gasteiger partial charge in [0, 0.05) is 23.7 Å². The third kappa shape index (κ3) is 5.37. The number of aromatic nitrogens is 1. The Kier molecular flexibility index (Phi) is 7.79. The average Bonchev–Trinajstić information content (AvgIpc) is 3.63. The van der Waals surface area contributed by atoms with E-state index in [0.717, 1.165) is 36.4 Å². The van der Waals surface area contributed by atoms with Gasteiger partial charge in [-0.15, -0.1) is 11.3 Å². The second-order valence-electron chi connectivity index (χ2n) is 8.13. The van der Waals surface area contributed by atoms with Crippen molar-refractivity contribution in [3.8, 4) is 0 Å². The largest absolute Gasteiger partial charge is 0.395 e. The van der Waals surface area contributed by atoms with Crippen LogP contribution in [0.2, 0.25) is 0 Å². The highest BCUT2D eigenvalue weighted by molar-refractivity contribution is 7.10. The highest BCUT2D eigenvalue weighted by Crippen LogP contribution is 2.35. The fourth-order valence-electron chi connectivity index (χ4n) is 3.95. The lowest BCUT2D eigenvalue weighted by atomic mass is 10.1. The SMILES string of the molecule is CCc1ccc(N(C(=O)c2snc(C(N)=O)c2N)[C@H](C(=O)NC[C@@H]2CCCO2)c2cccs2)cc1. The van der Waals surface area contributed by atoms with Crippen molar-refractivity contribution < 1.29 is 19.1 Å². The number of carbonyl (C=O) groups is 3. The number of nitrogens with zero attached hydrogens (tertiary/aromatic N) is 2. The number of primary amides is 1. The number of aryl methyl sites for hydroxylation is 1. The normalized spacial score (nSPS) is 16.1. The van der Waals surface area contributed by atoms with Gasteiger partial charge in [0.2, 0.25) is 5.91 Å². The van der Waals surface area contributed by atoms with Gasteiger partial charge in [-0.3, -0.25) is 19.3 Å². The van der Waals surface area contributed by atoms with Gasteiger partial charge in [0.05, 0.1) is 11.8 Å². The Labute approximate surface area is 211 Å². The van der Waals surface area contributed by atoms with Crippen molar-refractivity contribution in [1.29, 1.82) is 0 Å². The second-order valence-corrected chi connectivity index (χ2v) is 9.88. The number of nitrogens with one attached hydrogen (secondary N) is 1. The molecular formula is C24H27N5O4S2. The lowest BCUT2D eigenvalue weighted by Gasteiger charge is -2.30. The summed E-state index contributed by atoms with van der Waals surface area (Å²) >= 11 is 2.16. The molecule has 2 aromatic heterocycles. The van der Waals surface area contributed by atoms with Crippen LogP contribution in [-0.2, 0) is 16.0 Å². The number of ether oxygens (including phenoxy) is 1. The first-order valence-electron chi connectivity index (χ1n) is 11.3. The van der Waals surface area contributed by atoms with E-state index >= 15 is 0 Å². The van der Waals surface area contributed by atoms with E-state index in [-0.39, 0.29) is 28.3 Å². The fraction of sp³-hybridized carbons (Fsp3) is 0.333. The summed E-state index contributed by atoms with van der Waals surface area (Å²) in [6, 6.07) is 10.1. The maximum Gasteiger partial charge on any atom is 0.273 e. The summed E-state index contributed by atoms with van der Waals surface area (Å²) in [4.78, 5) is 41.4. The minimum Gasteiger partial charge on any atom is -0.395 e. The Hall–Kier alpha value is -3.28. The van der Waals surface area contributed by atoms with Crippen molar-refractivity contribution in [2.75, 3.05) is 23.8 Å². The number of benzene rings is 1. The summed E-state index contributed by atoms with van der Waals surface area (Å²) < 4.78 is 9.62. The van der Waals surface area contributed by atoms with Crippen molar-refractivity contribution in [2.45, 2.75) is 38.3 Å². The van der Waals surface area contributed by atoms with Crippen LogP contribution in [-0.4, -0.2) is 41.4 Å². The predicted molar refractivity (Wildman–Crippen MR) is 137 cm³/mol. The molecule has 0 aliphatic carbocycles. The van der Waals surface area contributed by atoms with E-state index in [0.29, 0.717) is 23.7 Å². The molecule has 3 aromatic rings. The van der Waals surface area contributed by atoms with E-state index in [9.17, 15) is 14.4 Å². The highest BCUT2D eigenvalue weighted by atomic mass is 32.1. The van der Waals surface area contributed by atoms with Gasteiger partial charge in [-0.05, 0) is 59.9 Å². The minimum absolute atomic E-state index is 0.0480. The molecule has 0 bridgehead atoms. The Morgan fingerprint density at radius 2 is 2.03 bits per heavy atom. The molecule has 1 saturated heterocycles. The van der Waals surface area contributed by atoms with Crippen LogP contribution < -0.4 is 21.7 Å². The third-order valence-electron chi connectivity index (χ3n) is 5.84. The average molecular weight is 514 g/mol. The van der Waals surface area contributed by atoms with Crippen LogP contribution >= 0.6 is 22.9 Å². The van der Waals surface area contributed by atoms with Crippen LogP contribution in [0, 0.1) is 0 Å². The zero-order chi connectivity index (χ0) is 24.9. The number of carbonyl (C=O) groups excluding carboxylic acids is 3. The maximum atomic E-state index is 13.9. The van der Waals surface area contributed by atoms with Crippen LogP contribution in [0.4, 0.5) is 11.4 Å². The number of nitrogen functional groups attached to an aromatic ring is 1. The van der Waals surface area contributed by atoms with Crippen molar-refractivity contribution >= 4 is 52.0 Å². The molecule has 1 fully saturated rings. The molecule has 0 saturated carbocycles. The summed E-state index contributed by atoms with van der Waals surface area (Å²) in [5, 5.41) is 4.81. The van der Waals surface area contributed by atoms with Gasteiger partial charge in [0.15, 0.2) is 11.7 Å². The molecule has 1 aromatic carbocycles. The minimum atomic E-state index is -0.963. The Balaban J connectivity index is 1.76. The van der Waals surface area contributed by atoms with Gasteiger partial charge in [0.1, 0.15) is 4.88 Å². The van der Waals surface area contributed by atoms with E-state index in [2.05, 4.69) is 9.69 Å². The van der Waals surface area contributed by atoms with Crippen molar-refractivity contribution in [2.24, 2.45) is 5.73 Å². The van der Waals surface area contributed by atoms with Crippen LogP contribution in [0.1, 0.15) is 56.4 Å². The van der Waals surface area contributed by atoms with E-state index in [4.69, 9.17) is 16.2 Å². The predicted octanol–water partition coefficient (Wildman–Crippen LogP) is 3.13. The summed E-state index contributed by atoms with van der Waals surface area (Å²) in [5.41, 5.74) is 12.8. The number of amides is 3. The molecule has 4 rings (SSSR count). The Bertz CT molecular complexity index is 1190. The molecule has 0 radical (unpaired) electrons. The Morgan fingerprint density at radius 3 is 2.60 bits per heavy atom. The first-order chi connectivity index (χ1) is 16.9. The van der Waals surface area contributed by atoms with E-state index in [1.165, 1.54) is 16.2 Å². The molecule has 0 spiro atoms. The van der Waals surface area contributed by atoms with Crippen molar-refractivity contribution in [3.63, 3.8) is 0 Å². The topological polar surface area (TPSA) is 141 Å². The third-order valence-corrected chi connectivity index (χ3v) is 7.62. The monoisotopic (exact) mass is 513 g/mol. The lowest BCUT2D eigenvalue weighted by Crippen LogP contribution is -2.45. The summed E-state index contributed by atoms with van der Waals surface area (Å²) in [5.74, 6) is -1.70. The highest BCUT2D eigenvalue weighted by Gasteiger charge is 2.36. The fourth-order valence-corrected chi connectivity index (χ4v) is 5.51. The molecule has 11 heteroatoms. The molecule has 9 nitrogen and oxygen atoms in total. The first-order valence-corrected chi connectivity index (χ1v) is 13.0. The number of thiophene rings is 1. The van der Waals surface area contributed by atoms with E-state index in [1.54, 1.807) is 12.1 Å². The Morgan fingerprint density at radius 1 is 1.26 bits per heavy atom. The van der Waals surface area contributed by atoms with Crippen LogP contribution in [0.3, 0.4) is 0 Å². The molecule has 184 valence electrons. The number of hydrogen-bond acceptors (Lipinski definition) is 8. The quantitative estimate of drug-likeness (QED) is 0.401. The van der Waals surface area contributed by atoms with Gasteiger partial charge in [-0.25, -0.2) is 0 Å². The number of nitrogens with two attached hydrogens (primary N) is 2. The van der Waals surface area contributed by atoms with Crippen molar-refractivity contribution in [3.05, 3.63) is 62.8 Å². The van der Waals surface area contributed by atoms with Crippen LogP contribution in [0.25, 0.3) is 0 Å². The van der Waals surface area contributed by atoms with Gasteiger partial charge in [-0.1, -0.05) is 25.1 Å². The molecule has 5 N–H and O–H groups in total. The summed E-state index contributed by atoms with van der Waals surface area (Å²) in [6.45, 7) is 3.07. The van der Waals surface area contributed by atoms with Gasteiger partial charge >= 0.3 is 0 Å². The molecule has 2 atom stereocenters. The summed E-state index contributed by atoms with van der Waals surface area (Å²) in [7, 11) is 0. The van der Waals surface area contributed by atoms with Gasteiger partial charge in [-0.2, -0.15) is 4.37 Å².